The Bertz CT molecular complexity index is 662. The summed E-state index contributed by atoms with van der Waals surface area (Å²) in [6, 6.07) is 0.479. The van der Waals surface area contributed by atoms with Crippen molar-refractivity contribution in [3.8, 4) is 0 Å². The van der Waals surface area contributed by atoms with Crippen molar-refractivity contribution in [3.63, 3.8) is 0 Å². The van der Waals surface area contributed by atoms with Crippen LogP contribution in [0.5, 0.6) is 0 Å². The van der Waals surface area contributed by atoms with E-state index < -0.39 is 0 Å². The summed E-state index contributed by atoms with van der Waals surface area (Å²) in [4.78, 5) is 9.84. The lowest BCUT2D eigenvalue weighted by atomic mass is 9.94. The molecule has 0 amide bonds. The summed E-state index contributed by atoms with van der Waals surface area (Å²) >= 11 is 1.65. The summed E-state index contributed by atoms with van der Waals surface area (Å²) in [6.45, 7) is 8.47. The van der Waals surface area contributed by atoms with Crippen LogP contribution in [0.25, 0.3) is 12.2 Å². The van der Waals surface area contributed by atoms with E-state index in [0.717, 1.165) is 28.9 Å². The van der Waals surface area contributed by atoms with Crippen molar-refractivity contribution in [2.24, 2.45) is 0 Å². The molecule has 1 fully saturated rings. The highest BCUT2D eigenvalue weighted by Crippen LogP contribution is 2.25. The molecule has 5 nitrogen and oxygen atoms in total. The number of aromatic nitrogens is 2. The molecule has 1 aliphatic rings. The van der Waals surface area contributed by atoms with Gasteiger partial charge in [-0.3, -0.25) is 0 Å². The lowest BCUT2D eigenvalue weighted by molar-refractivity contribution is 0.403. The van der Waals surface area contributed by atoms with Gasteiger partial charge in [0.05, 0.1) is 6.20 Å². The summed E-state index contributed by atoms with van der Waals surface area (Å²) in [5.74, 6) is 1.53. The zero-order valence-corrected chi connectivity index (χ0v) is 14.7. The van der Waals surface area contributed by atoms with Crippen molar-refractivity contribution < 1.29 is 4.42 Å². The predicted octanol–water partition coefficient (Wildman–Crippen LogP) is 3.76. The summed E-state index contributed by atoms with van der Waals surface area (Å²) < 4.78 is 5.76. The molecule has 2 aromatic heterocycles. The third-order valence-corrected chi connectivity index (χ3v) is 4.69. The molecule has 1 atom stereocenters. The molecule has 3 rings (SSSR count). The molecule has 1 unspecified atom stereocenters. The molecule has 1 saturated heterocycles. The Morgan fingerprint density at radius 1 is 1.30 bits per heavy atom. The smallest absolute Gasteiger partial charge is 0.218 e. The summed E-state index contributed by atoms with van der Waals surface area (Å²) in [5, 5.41) is 7.87. The highest BCUT2D eigenvalue weighted by atomic mass is 32.1. The van der Waals surface area contributed by atoms with Crippen molar-refractivity contribution >= 4 is 28.6 Å². The number of oxazole rings is 1. The molecule has 23 heavy (non-hydrogen) atoms. The Labute approximate surface area is 141 Å². The fraction of sp³-hybridized carbons (Fsp3) is 0.529. The second-order valence-corrected chi connectivity index (χ2v) is 7.96. The second kappa shape index (κ2) is 6.84. The quantitative estimate of drug-likeness (QED) is 0.892. The Hall–Kier alpha value is -1.66. The molecule has 0 bridgehead atoms. The van der Waals surface area contributed by atoms with Crippen LogP contribution in [0.1, 0.15) is 50.1 Å². The van der Waals surface area contributed by atoms with E-state index in [9.17, 15) is 0 Å². The van der Waals surface area contributed by atoms with Gasteiger partial charge in [-0.2, -0.15) is 0 Å². The Kier molecular flexibility index (Phi) is 4.82. The molecule has 2 N–H and O–H groups in total. The molecule has 0 radical (unpaired) electrons. The van der Waals surface area contributed by atoms with Crippen LogP contribution >= 0.6 is 11.3 Å². The van der Waals surface area contributed by atoms with Crippen LogP contribution in [0.4, 0.5) is 5.13 Å². The van der Waals surface area contributed by atoms with E-state index in [4.69, 9.17) is 4.42 Å². The predicted molar refractivity (Wildman–Crippen MR) is 95.8 cm³/mol. The van der Waals surface area contributed by atoms with Gasteiger partial charge in [-0.1, -0.05) is 32.1 Å². The van der Waals surface area contributed by atoms with Crippen molar-refractivity contribution in [1.82, 2.24) is 15.3 Å². The largest absolute Gasteiger partial charge is 0.441 e. The van der Waals surface area contributed by atoms with Crippen LogP contribution < -0.4 is 10.6 Å². The second-order valence-electron chi connectivity index (χ2n) is 6.90. The minimum absolute atomic E-state index is 0.0191. The normalized spacial score (nSPS) is 19.3. The molecule has 0 aliphatic carbocycles. The van der Waals surface area contributed by atoms with Crippen molar-refractivity contribution in [1.29, 1.82) is 0 Å². The topological polar surface area (TPSA) is 63.0 Å². The van der Waals surface area contributed by atoms with Gasteiger partial charge < -0.3 is 15.1 Å². The minimum atomic E-state index is -0.0191. The van der Waals surface area contributed by atoms with Gasteiger partial charge in [-0.15, -0.1) is 0 Å². The highest BCUT2D eigenvalue weighted by Gasteiger charge is 2.18. The number of nitrogens with one attached hydrogen (secondary N) is 2. The van der Waals surface area contributed by atoms with Gasteiger partial charge >= 0.3 is 0 Å². The standard InChI is InChI=1S/C17H24N4OS/c1-17(2,3)14-11-19-15(22-14)7-6-13-10-20-16(23-13)21-12-5-4-8-18-9-12/h6-7,10-12,18H,4-5,8-9H2,1-3H3,(H,20,21). The number of piperidine rings is 1. The first-order valence-electron chi connectivity index (χ1n) is 8.08. The summed E-state index contributed by atoms with van der Waals surface area (Å²) in [7, 11) is 0. The third kappa shape index (κ3) is 4.42. The zero-order chi connectivity index (χ0) is 16.3. The first-order valence-corrected chi connectivity index (χ1v) is 8.90. The van der Waals surface area contributed by atoms with Crippen LogP contribution in [0.15, 0.2) is 16.8 Å². The van der Waals surface area contributed by atoms with Crippen LogP contribution in [0.2, 0.25) is 0 Å². The number of anilines is 1. The van der Waals surface area contributed by atoms with E-state index >= 15 is 0 Å². The molecule has 0 spiro atoms. The van der Waals surface area contributed by atoms with Crippen LogP contribution in [0.3, 0.4) is 0 Å². The highest BCUT2D eigenvalue weighted by molar-refractivity contribution is 7.16. The molecule has 1 aliphatic heterocycles. The molecular formula is C17H24N4OS. The lowest BCUT2D eigenvalue weighted by Gasteiger charge is -2.23. The van der Waals surface area contributed by atoms with Crippen molar-refractivity contribution in [3.05, 3.63) is 28.9 Å². The average Bonchev–Trinajstić information content (AvgIpc) is 3.15. The van der Waals surface area contributed by atoms with Gasteiger partial charge in [0.2, 0.25) is 5.89 Å². The van der Waals surface area contributed by atoms with Gasteiger partial charge in [-0.05, 0) is 25.5 Å². The van der Waals surface area contributed by atoms with Crippen LogP contribution in [0, 0.1) is 0 Å². The van der Waals surface area contributed by atoms with E-state index in [1.54, 1.807) is 17.5 Å². The van der Waals surface area contributed by atoms with E-state index in [0.29, 0.717) is 11.9 Å². The number of hydrogen-bond acceptors (Lipinski definition) is 6. The molecule has 0 aromatic carbocycles. The van der Waals surface area contributed by atoms with E-state index in [1.165, 1.54) is 12.8 Å². The fourth-order valence-electron chi connectivity index (χ4n) is 2.44. The van der Waals surface area contributed by atoms with Crippen molar-refractivity contribution in [2.75, 3.05) is 18.4 Å². The fourth-order valence-corrected chi connectivity index (χ4v) is 3.24. The maximum Gasteiger partial charge on any atom is 0.218 e. The maximum atomic E-state index is 5.76. The number of thiazole rings is 1. The van der Waals surface area contributed by atoms with Crippen LogP contribution in [-0.2, 0) is 5.41 Å². The zero-order valence-electron chi connectivity index (χ0n) is 13.9. The van der Waals surface area contributed by atoms with Crippen LogP contribution in [-0.4, -0.2) is 29.1 Å². The summed E-state index contributed by atoms with van der Waals surface area (Å²) in [6.07, 6.45) is 10.00. The van der Waals surface area contributed by atoms with Gasteiger partial charge in [0, 0.05) is 35.2 Å². The van der Waals surface area contributed by atoms with Gasteiger partial charge in [0.25, 0.3) is 0 Å². The Morgan fingerprint density at radius 2 is 2.17 bits per heavy atom. The Balaban J connectivity index is 1.60. The lowest BCUT2D eigenvalue weighted by Crippen LogP contribution is -2.38. The molecule has 2 aromatic rings. The molecule has 6 heteroatoms. The van der Waals surface area contributed by atoms with E-state index in [2.05, 4.69) is 41.4 Å². The number of nitrogens with zero attached hydrogens (tertiary/aromatic N) is 2. The summed E-state index contributed by atoms with van der Waals surface area (Å²) in [5.41, 5.74) is -0.0191. The Morgan fingerprint density at radius 3 is 2.87 bits per heavy atom. The first kappa shape index (κ1) is 16.2. The molecular weight excluding hydrogens is 308 g/mol. The number of rotatable bonds is 4. The third-order valence-electron chi connectivity index (χ3n) is 3.80. The molecule has 124 valence electrons. The van der Waals surface area contributed by atoms with Crippen molar-refractivity contribution in [2.45, 2.75) is 45.1 Å². The molecule has 0 saturated carbocycles. The first-order chi connectivity index (χ1) is 11.0. The average molecular weight is 332 g/mol. The number of hydrogen-bond donors (Lipinski definition) is 2. The van der Waals surface area contributed by atoms with E-state index in [-0.39, 0.29) is 5.41 Å². The van der Waals surface area contributed by atoms with E-state index in [1.807, 2.05) is 18.3 Å². The molecule has 3 heterocycles. The minimum Gasteiger partial charge on any atom is -0.441 e. The van der Waals surface area contributed by atoms with Gasteiger partial charge in [0.1, 0.15) is 5.76 Å². The monoisotopic (exact) mass is 332 g/mol. The van der Waals surface area contributed by atoms with Gasteiger partial charge in [-0.25, -0.2) is 9.97 Å². The SMILES string of the molecule is CC(C)(C)c1cnc(C=Cc2cnc(NC3CCCNC3)s2)o1. The van der Waals surface area contributed by atoms with Gasteiger partial charge in [0.15, 0.2) is 5.13 Å². The maximum absolute atomic E-state index is 5.76.